The number of ether oxygens (including phenoxy) is 1. The summed E-state index contributed by atoms with van der Waals surface area (Å²) < 4.78 is 5.87. The third-order valence-electron chi connectivity index (χ3n) is 3.89. The number of benzene rings is 2. The summed E-state index contributed by atoms with van der Waals surface area (Å²) in [6.07, 6.45) is 2.34. The van der Waals surface area contributed by atoms with Crippen molar-refractivity contribution in [3.05, 3.63) is 59.7 Å². The van der Waals surface area contributed by atoms with E-state index in [-0.39, 0.29) is 0 Å². The minimum absolute atomic E-state index is 0.407. The molecule has 0 unspecified atom stereocenters. The summed E-state index contributed by atoms with van der Waals surface area (Å²) in [5.74, 6) is 0.407. The van der Waals surface area contributed by atoms with Crippen LogP contribution in [-0.4, -0.2) is 13.2 Å². The zero-order chi connectivity index (χ0) is 13.1. The summed E-state index contributed by atoms with van der Waals surface area (Å²) >= 11 is 0. The molecule has 0 aliphatic heterocycles. The van der Waals surface area contributed by atoms with Crippen molar-refractivity contribution in [3.8, 4) is 11.1 Å². The quantitative estimate of drug-likeness (QED) is 0.706. The van der Waals surface area contributed by atoms with Crippen molar-refractivity contribution in [2.75, 3.05) is 13.2 Å². The Bertz CT molecular complexity index is 514. The maximum atomic E-state index is 5.87. The van der Waals surface area contributed by atoms with E-state index in [9.17, 15) is 0 Å². The van der Waals surface area contributed by atoms with Crippen LogP contribution in [0.4, 0.5) is 0 Å². The highest BCUT2D eigenvalue weighted by atomic mass is 16.5. The smallest absolute Gasteiger partial charge is 0.0575 e. The largest absolute Gasteiger partial charge is 0.380 e. The van der Waals surface area contributed by atoms with E-state index in [1.807, 2.05) is 0 Å². The number of rotatable bonds is 5. The van der Waals surface area contributed by atoms with Crippen LogP contribution in [0.15, 0.2) is 48.5 Å². The molecule has 0 saturated heterocycles. The molecule has 0 spiro atoms. The summed E-state index contributed by atoms with van der Waals surface area (Å²) in [5.41, 5.74) is 5.59. The molecule has 0 amide bonds. The third-order valence-corrected chi connectivity index (χ3v) is 3.89. The van der Waals surface area contributed by atoms with Gasteiger partial charge in [0, 0.05) is 12.5 Å². The van der Waals surface area contributed by atoms with E-state index in [4.69, 9.17) is 4.74 Å². The minimum Gasteiger partial charge on any atom is -0.380 e. The Morgan fingerprint density at radius 2 is 1.47 bits per heavy atom. The molecule has 0 heterocycles. The highest BCUT2D eigenvalue weighted by Gasteiger charge is 2.27. The number of hydrogen-bond acceptors (Lipinski definition) is 1. The van der Waals surface area contributed by atoms with Gasteiger partial charge in [0.1, 0.15) is 0 Å². The minimum atomic E-state index is 0.407. The van der Waals surface area contributed by atoms with E-state index in [0.717, 1.165) is 19.6 Å². The van der Waals surface area contributed by atoms with Crippen molar-refractivity contribution >= 4 is 0 Å². The number of fused-ring (bicyclic) bond motifs is 3. The molecule has 0 N–H and O–H groups in total. The van der Waals surface area contributed by atoms with E-state index >= 15 is 0 Å². The van der Waals surface area contributed by atoms with Gasteiger partial charge in [-0.05, 0) is 28.7 Å². The summed E-state index contributed by atoms with van der Waals surface area (Å²) in [6, 6.07) is 17.4. The maximum absolute atomic E-state index is 5.87. The summed E-state index contributed by atoms with van der Waals surface area (Å²) in [5, 5.41) is 0. The van der Waals surface area contributed by atoms with Crippen LogP contribution in [0.2, 0.25) is 0 Å². The molecule has 0 atom stereocenters. The molecule has 2 aromatic rings. The summed E-state index contributed by atoms with van der Waals surface area (Å²) in [6.45, 7) is 3.87. The molecular formula is C18H20O. The summed E-state index contributed by atoms with van der Waals surface area (Å²) in [4.78, 5) is 0. The standard InChI is InChI=1S/C18H20O/c1-2-3-12-19-13-18-16-10-6-4-8-14(16)15-9-5-7-11-17(15)18/h4-11,18H,2-3,12-13H2,1H3. The lowest BCUT2D eigenvalue weighted by molar-refractivity contribution is 0.125. The first-order chi connectivity index (χ1) is 9.42. The molecule has 0 radical (unpaired) electrons. The first-order valence-corrected chi connectivity index (χ1v) is 7.17. The second kappa shape index (κ2) is 5.58. The normalized spacial score (nSPS) is 13.3. The Balaban J connectivity index is 1.87. The van der Waals surface area contributed by atoms with Gasteiger partial charge in [-0.15, -0.1) is 0 Å². The maximum Gasteiger partial charge on any atom is 0.0575 e. The Hall–Kier alpha value is -1.60. The number of unbranched alkanes of at least 4 members (excludes halogenated alkanes) is 1. The van der Waals surface area contributed by atoms with Crippen LogP contribution < -0.4 is 0 Å². The van der Waals surface area contributed by atoms with Crippen LogP contribution in [0.25, 0.3) is 11.1 Å². The molecule has 1 aliphatic carbocycles. The highest BCUT2D eigenvalue weighted by Crippen LogP contribution is 2.44. The third kappa shape index (κ3) is 2.31. The first kappa shape index (κ1) is 12.4. The fraction of sp³-hybridized carbons (Fsp3) is 0.333. The van der Waals surface area contributed by atoms with E-state index in [1.54, 1.807) is 0 Å². The van der Waals surface area contributed by atoms with Gasteiger partial charge in [0.05, 0.1) is 6.61 Å². The first-order valence-electron chi connectivity index (χ1n) is 7.17. The average molecular weight is 252 g/mol. The zero-order valence-corrected chi connectivity index (χ0v) is 11.4. The van der Waals surface area contributed by atoms with Gasteiger partial charge in [0.15, 0.2) is 0 Å². The molecular weight excluding hydrogens is 232 g/mol. The molecule has 2 aromatic carbocycles. The highest BCUT2D eigenvalue weighted by molar-refractivity contribution is 5.78. The van der Waals surface area contributed by atoms with Crippen LogP contribution in [-0.2, 0) is 4.74 Å². The Labute approximate surface area is 115 Å². The van der Waals surface area contributed by atoms with Gasteiger partial charge in [0.2, 0.25) is 0 Å². The van der Waals surface area contributed by atoms with Crippen molar-refractivity contribution in [2.24, 2.45) is 0 Å². The molecule has 98 valence electrons. The monoisotopic (exact) mass is 252 g/mol. The van der Waals surface area contributed by atoms with Crippen molar-refractivity contribution < 1.29 is 4.74 Å². The van der Waals surface area contributed by atoms with Crippen LogP contribution in [0.5, 0.6) is 0 Å². The van der Waals surface area contributed by atoms with Gasteiger partial charge in [-0.1, -0.05) is 61.9 Å². The van der Waals surface area contributed by atoms with E-state index in [2.05, 4.69) is 55.5 Å². The van der Waals surface area contributed by atoms with Crippen LogP contribution >= 0.6 is 0 Å². The zero-order valence-electron chi connectivity index (χ0n) is 11.4. The molecule has 3 rings (SSSR count). The predicted molar refractivity (Wildman–Crippen MR) is 79.4 cm³/mol. The summed E-state index contributed by atoms with van der Waals surface area (Å²) in [7, 11) is 0. The fourth-order valence-electron chi connectivity index (χ4n) is 2.89. The molecule has 0 bridgehead atoms. The molecule has 0 aromatic heterocycles. The van der Waals surface area contributed by atoms with Crippen LogP contribution in [0, 0.1) is 0 Å². The number of hydrogen-bond donors (Lipinski definition) is 0. The predicted octanol–water partition coefficient (Wildman–Crippen LogP) is 4.62. The molecule has 19 heavy (non-hydrogen) atoms. The topological polar surface area (TPSA) is 9.23 Å². The second-order valence-corrected chi connectivity index (χ2v) is 5.16. The van der Waals surface area contributed by atoms with Gasteiger partial charge in [-0.2, -0.15) is 0 Å². The molecule has 1 nitrogen and oxygen atoms in total. The van der Waals surface area contributed by atoms with E-state index in [0.29, 0.717) is 5.92 Å². The Kier molecular flexibility index (Phi) is 3.65. The van der Waals surface area contributed by atoms with Crippen molar-refractivity contribution in [1.82, 2.24) is 0 Å². The van der Waals surface area contributed by atoms with Gasteiger partial charge in [0.25, 0.3) is 0 Å². The Morgan fingerprint density at radius 1 is 0.895 bits per heavy atom. The van der Waals surface area contributed by atoms with Gasteiger partial charge >= 0.3 is 0 Å². The van der Waals surface area contributed by atoms with Crippen molar-refractivity contribution in [3.63, 3.8) is 0 Å². The molecule has 0 fully saturated rings. The van der Waals surface area contributed by atoms with Gasteiger partial charge in [-0.25, -0.2) is 0 Å². The average Bonchev–Trinajstić information content (AvgIpc) is 2.78. The molecule has 1 heteroatoms. The van der Waals surface area contributed by atoms with E-state index in [1.165, 1.54) is 28.7 Å². The lowest BCUT2D eigenvalue weighted by atomic mass is 9.98. The lowest BCUT2D eigenvalue weighted by Gasteiger charge is -2.13. The van der Waals surface area contributed by atoms with Crippen molar-refractivity contribution in [2.45, 2.75) is 25.7 Å². The molecule has 0 saturated carbocycles. The Morgan fingerprint density at radius 3 is 2.05 bits per heavy atom. The molecule has 1 aliphatic rings. The second-order valence-electron chi connectivity index (χ2n) is 5.16. The lowest BCUT2D eigenvalue weighted by Crippen LogP contribution is -2.07. The van der Waals surface area contributed by atoms with Crippen molar-refractivity contribution in [1.29, 1.82) is 0 Å². The van der Waals surface area contributed by atoms with E-state index < -0.39 is 0 Å². The SMILES string of the molecule is CCCCOCC1c2ccccc2-c2ccccc21. The van der Waals surface area contributed by atoms with Gasteiger partial charge < -0.3 is 4.74 Å². The van der Waals surface area contributed by atoms with Crippen LogP contribution in [0.1, 0.15) is 36.8 Å². The van der Waals surface area contributed by atoms with Gasteiger partial charge in [-0.3, -0.25) is 0 Å². The van der Waals surface area contributed by atoms with Crippen LogP contribution in [0.3, 0.4) is 0 Å². The fourth-order valence-corrected chi connectivity index (χ4v) is 2.89.